The molecule has 1 aromatic carbocycles. The van der Waals surface area contributed by atoms with Gasteiger partial charge >= 0.3 is 5.97 Å². The maximum absolute atomic E-state index is 11.9. The molecule has 1 aromatic rings. The molecule has 5 heteroatoms. The minimum Gasteiger partial charge on any atom is -0.452 e. The van der Waals surface area contributed by atoms with Crippen molar-refractivity contribution in [2.45, 2.75) is 13.8 Å². The number of amides is 1. The van der Waals surface area contributed by atoms with E-state index in [-0.39, 0.29) is 18.1 Å². The van der Waals surface area contributed by atoms with Gasteiger partial charge in [-0.05, 0) is 32.0 Å². The van der Waals surface area contributed by atoms with E-state index < -0.39 is 5.97 Å². The van der Waals surface area contributed by atoms with E-state index >= 15 is 0 Å². The molecule has 0 aliphatic carbocycles. The van der Waals surface area contributed by atoms with E-state index in [2.05, 4.69) is 6.58 Å². The van der Waals surface area contributed by atoms with Crippen LogP contribution in [0.15, 0.2) is 36.4 Å². The molecule has 0 N–H and O–H groups in total. The molecule has 110 valence electrons. The Morgan fingerprint density at radius 2 is 2.14 bits per heavy atom. The van der Waals surface area contributed by atoms with Gasteiger partial charge in [0.1, 0.15) is 0 Å². The lowest BCUT2D eigenvalue weighted by atomic mass is 10.1. The number of rotatable bonds is 6. The minimum atomic E-state index is -0.619. The normalized spacial score (nSPS) is 9.57. The lowest BCUT2D eigenvalue weighted by molar-refractivity contribution is -0.133. The zero-order valence-corrected chi connectivity index (χ0v) is 12.3. The van der Waals surface area contributed by atoms with Gasteiger partial charge in [0.25, 0.3) is 5.91 Å². The predicted molar refractivity (Wildman–Crippen MR) is 78.5 cm³/mol. The fourth-order valence-corrected chi connectivity index (χ4v) is 1.72. The second-order valence-electron chi connectivity index (χ2n) is 4.63. The largest absolute Gasteiger partial charge is 0.452 e. The summed E-state index contributed by atoms with van der Waals surface area (Å²) in [4.78, 5) is 25.3. The van der Waals surface area contributed by atoms with E-state index in [0.29, 0.717) is 18.7 Å². The maximum atomic E-state index is 11.9. The SMILES string of the molecule is C=C(C)CN(CC)C(=O)COC(=O)c1cccc(C#N)c1. The number of hydrogen-bond acceptors (Lipinski definition) is 4. The quantitative estimate of drug-likeness (QED) is 0.593. The molecule has 0 aromatic heterocycles. The van der Waals surface area contributed by atoms with Crippen LogP contribution in [0.1, 0.15) is 29.8 Å². The Morgan fingerprint density at radius 1 is 1.43 bits per heavy atom. The summed E-state index contributed by atoms with van der Waals surface area (Å²) in [6, 6.07) is 8.10. The summed E-state index contributed by atoms with van der Waals surface area (Å²) in [6.07, 6.45) is 0. The van der Waals surface area contributed by atoms with Gasteiger partial charge in [-0.15, -0.1) is 0 Å². The highest BCUT2D eigenvalue weighted by Crippen LogP contribution is 2.06. The van der Waals surface area contributed by atoms with Gasteiger partial charge < -0.3 is 9.64 Å². The highest BCUT2D eigenvalue weighted by Gasteiger charge is 2.15. The summed E-state index contributed by atoms with van der Waals surface area (Å²) in [5.74, 6) is -0.892. The van der Waals surface area contributed by atoms with E-state index in [1.807, 2.05) is 19.9 Å². The molecular formula is C16H18N2O3. The Morgan fingerprint density at radius 3 is 2.71 bits per heavy atom. The summed E-state index contributed by atoms with van der Waals surface area (Å²) < 4.78 is 4.98. The molecule has 0 saturated carbocycles. The molecule has 21 heavy (non-hydrogen) atoms. The summed E-state index contributed by atoms with van der Waals surface area (Å²) in [5.41, 5.74) is 1.48. The van der Waals surface area contributed by atoms with Gasteiger partial charge in [-0.1, -0.05) is 18.2 Å². The van der Waals surface area contributed by atoms with E-state index in [1.54, 1.807) is 23.1 Å². The molecule has 0 bridgehead atoms. The van der Waals surface area contributed by atoms with Crippen LogP contribution in [0.2, 0.25) is 0 Å². The fraction of sp³-hybridized carbons (Fsp3) is 0.312. The van der Waals surface area contributed by atoms with Crippen molar-refractivity contribution >= 4 is 11.9 Å². The number of esters is 1. The third-order valence-electron chi connectivity index (χ3n) is 2.75. The first-order valence-corrected chi connectivity index (χ1v) is 6.57. The molecular weight excluding hydrogens is 268 g/mol. The minimum absolute atomic E-state index is 0.254. The highest BCUT2D eigenvalue weighted by molar-refractivity contribution is 5.91. The molecule has 0 unspecified atom stereocenters. The number of hydrogen-bond donors (Lipinski definition) is 0. The van der Waals surface area contributed by atoms with Gasteiger partial charge in [-0.3, -0.25) is 4.79 Å². The Bertz CT molecular complexity index is 587. The summed E-state index contributed by atoms with van der Waals surface area (Å²) >= 11 is 0. The first kappa shape index (κ1) is 16.4. The molecule has 0 heterocycles. The summed E-state index contributed by atoms with van der Waals surface area (Å²) in [7, 11) is 0. The number of carbonyl (C=O) groups excluding carboxylic acids is 2. The Kier molecular flexibility index (Phi) is 6.15. The molecule has 0 saturated heterocycles. The van der Waals surface area contributed by atoms with Crippen LogP contribution in [0.4, 0.5) is 0 Å². The van der Waals surface area contributed by atoms with Gasteiger partial charge in [0.05, 0.1) is 17.2 Å². The number of nitrogens with zero attached hydrogens (tertiary/aromatic N) is 2. The van der Waals surface area contributed by atoms with E-state index in [9.17, 15) is 9.59 Å². The average Bonchev–Trinajstić information content (AvgIpc) is 2.49. The summed E-state index contributed by atoms with van der Waals surface area (Å²) in [5, 5.41) is 8.78. The molecule has 1 amide bonds. The third-order valence-corrected chi connectivity index (χ3v) is 2.75. The highest BCUT2D eigenvalue weighted by atomic mass is 16.5. The first-order chi connectivity index (χ1) is 9.97. The van der Waals surface area contributed by atoms with Gasteiger partial charge in [-0.2, -0.15) is 5.26 Å². The maximum Gasteiger partial charge on any atom is 0.338 e. The van der Waals surface area contributed by atoms with Gasteiger partial charge in [0, 0.05) is 13.1 Å². The standard InChI is InChI=1S/C16H18N2O3/c1-4-18(10-12(2)3)15(19)11-21-16(20)14-7-5-6-13(8-14)9-17/h5-8H,2,4,10-11H2,1,3H3. The number of nitriles is 1. The Labute approximate surface area is 124 Å². The monoisotopic (exact) mass is 286 g/mol. The smallest absolute Gasteiger partial charge is 0.338 e. The molecule has 0 aliphatic rings. The van der Waals surface area contributed by atoms with Crippen molar-refractivity contribution in [3.8, 4) is 6.07 Å². The van der Waals surface area contributed by atoms with Crippen molar-refractivity contribution in [1.29, 1.82) is 5.26 Å². The van der Waals surface area contributed by atoms with Crippen LogP contribution >= 0.6 is 0 Å². The first-order valence-electron chi connectivity index (χ1n) is 6.57. The lowest BCUT2D eigenvalue weighted by Crippen LogP contribution is -2.35. The fourth-order valence-electron chi connectivity index (χ4n) is 1.72. The molecule has 0 aliphatic heterocycles. The van der Waals surface area contributed by atoms with Crippen molar-refractivity contribution < 1.29 is 14.3 Å². The zero-order valence-electron chi connectivity index (χ0n) is 12.3. The number of benzene rings is 1. The topological polar surface area (TPSA) is 70.4 Å². The van der Waals surface area contributed by atoms with Crippen LogP contribution in [-0.4, -0.2) is 36.5 Å². The number of ether oxygens (including phenoxy) is 1. The second kappa shape index (κ2) is 7.85. The third kappa shape index (κ3) is 5.11. The molecule has 0 spiro atoms. The van der Waals surface area contributed by atoms with Gasteiger partial charge in [0.2, 0.25) is 0 Å². The Hall–Kier alpha value is -2.61. The second-order valence-corrected chi connectivity index (χ2v) is 4.63. The van der Waals surface area contributed by atoms with Crippen molar-refractivity contribution in [2.24, 2.45) is 0 Å². The van der Waals surface area contributed by atoms with Crippen LogP contribution in [-0.2, 0) is 9.53 Å². The molecule has 1 rings (SSSR count). The van der Waals surface area contributed by atoms with Crippen LogP contribution in [0.5, 0.6) is 0 Å². The average molecular weight is 286 g/mol. The number of carbonyl (C=O) groups is 2. The lowest BCUT2D eigenvalue weighted by Gasteiger charge is -2.20. The van der Waals surface area contributed by atoms with E-state index in [1.165, 1.54) is 6.07 Å². The molecule has 5 nitrogen and oxygen atoms in total. The molecule has 0 radical (unpaired) electrons. The van der Waals surface area contributed by atoms with Crippen LogP contribution < -0.4 is 0 Å². The zero-order chi connectivity index (χ0) is 15.8. The van der Waals surface area contributed by atoms with Crippen molar-refractivity contribution in [3.63, 3.8) is 0 Å². The molecule has 0 atom stereocenters. The van der Waals surface area contributed by atoms with Crippen LogP contribution in [0.25, 0.3) is 0 Å². The van der Waals surface area contributed by atoms with Gasteiger partial charge in [-0.25, -0.2) is 4.79 Å². The van der Waals surface area contributed by atoms with Crippen LogP contribution in [0, 0.1) is 11.3 Å². The Balaban J connectivity index is 2.61. The number of likely N-dealkylation sites (N-methyl/N-ethyl adjacent to an activating group) is 1. The van der Waals surface area contributed by atoms with Crippen molar-refractivity contribution in [1.82, 2.24) is 4.90 Å². The van der Waals surface area contributed by atoms with E-state index in [4.69, 9.17) is 10.00 Å². The van der Waals surface area contributed by atoms with Crippen molar-refractivity contribution in [2.75, 3.05) is 19.7 Å². The van der Waals surface area contributed by atoms with Gasteiger partial charge in [0.15, 0.2) is 6.61 Å². The summed E-state index contributed by atoms with van der Waals surface area (Å²) in [6.45, 7) is 8.07. The van der Waals surface area contributed by atoms with E-state index in [0.717, 1.165) is 5.57 Å². The predicted octanol–water partition coefficient (Wildman–Crippen LogP) is 2.14. The van der Waals surface area contributed by atoms with Crippen LogP contribution in [0.3, 0.4) is 0 Å². The molecule has 0 fully saturated rings. The van der Waals surface area contributed by atoms with Crippen molar-refractivity contribution in [3.05, 3.63) is 47.5 Å².